The highest BCUT2D eigenvalue weighted by atomic mass is 16.6. The number of hydrogen-bond donors (Lipinski definition) is 2. The van der Waals surface area contributed by atoms with Crippen LogP contribution < -0.4 is 0 Å². The summed E-state index contributed by atoms with van der Waals surface area (Å²) in [6.07, 6.45) is 14.6. The van der Waals surface area contributed by atoms with E-state index in [1.165, 1.54) is 24.1 Å². The summed E-state index contributed by atoms with van der Waals surface area (Å²) in [7, 11) is 0. The lowest BCUT2D eigenvalue weighted by Crippen LogP contribution is -2.51. The van der Waals surface area contributed by atoms with Gasteiger partial charge >= 0.3 is 0 Å². The highest BCUT2D eigenvalue weighted by Crippen LogP contribution is 2.66. The Morgan fingerprint density at radius 1 is 1.12 bits per heavy atom. The lowest BCUT2D eigenvalue weighted by molar-refractivity contribution is -0.384. The van der Waals surface area contributed by atoms with Gasteiger partial charge in [-0.25, -0.2) is 0 Å². The first-order valence-electron chi connectivity index (χ1n) is 12.8. The number of hydrogen-bond acceptors (Lipinski definition) is 5. The van der Waals surface area contributed by atoms with Crippen molar-refractivity contribution in [2.24, 2.45) is 39.7 Å². The van der Waals surface area contributed by atoms with Crippen molar-refractivity contribution >= 4 is 17.5 Å². The molecular formula is C28H36N2O4. The molecule has 0 heterocycles. The monoisotopic (exact) mass is 464 g/mol. The van der Waals surface area contributed by atoms with Gasteiger partial charge in [0.25, 0.3) is 5.69 Å². The molecule has 6 heteroatoms. The van der Waals surface area contributed by atoms with Crippen molar-refractivity contribution in [3.05, 3.63) is 57.7 Å². The second-order valence-corrected chi connectivity index (χ2v) is 11.5. The van der Waals surface area contributed by atoms with Crippen molar-refractivity contribution in [1.82, 2.24) is 0 Å². The Morgan fingerprint density at radius 2 is 1.88 bits per heavy atom. The topological polar surface area (TPSA) is 96.0 Å². The molecule has 1 aromatic carbocycles. The van der Waals surface area contributed by atoms with E-state index < -0.39 is 4.92 Å². The lowest BCUT2D eigenvalue weighted by atomic mass is 9.47. The predicted molar refractivity (Wildman–Crippen MR) is 133 cm³/mol. The fraction of sp³-hybridized carbons (Fsp3) is 0.607. The third kappa shape index (κ3) is 3.71. The van der Waals surface area contributed by atoms with E-state index in [1.54, 1.807) is 12.1 Å². The Hall–Kier alpha value is -2.47. The molecular weight excluding hydrogens is 428 g/mol. The van der Waals surface area contributed by atoms with E-state index in [9.17, 15) is 20.4 Å². The summed E-state index contributed by atoms with van der Waals surface area (Å²) >= 11 is 0. The second-order valence-electron chi connectivity index (χ2n) is 11.5. The van der Waals surface area contributed by atoms with Crippen LogP contribution in [0.5, 0.6) is 0 Å². The van der Waals surface area contributed by atoms with E-state index in [1.807, 2.05) is 12.2 Å². The molecule has 34 heavy (non-hydrogen) atoms. The maximum absolute atomic E-state index is 10.9. The Balaban J connectivity index is 1.36. The number of allylic oxidation sites excluding steroid dienone is 2. The Labute approximate surface area is 201 Å². The van der Waals surface area contributed by atoms with Crippen molar-refractivity contribution in [1.29, 1.82) is 0 Å². The number of oxime groups is 1. The molecule has 0 amide bonds. The molecule has 0 aliphatic heterocycles. The molecule has 2 N–H and O–H groups in total. The Bertz CT molecular complexity index is 1040. The van der Waals surface area contributed by atoms with Crippen LogP contribution >= 0.6 is 0 Å². The highest BCUT2D eigenvalue weighted by molar-refractivity contribution is 6.00. The summed E-state index contributed by atoms with van der Waals surface area (Å²) in [5.74, 6) is 2.17. The molecule has 7 atom stereocenters. The zero-order valence-corrected chi connectivity index (χ0v) is 20.2. The molecule has 3 saturated carbocycles. The first-order valence-corrected chi connectivity index (χ1v) is 12.8. The molecule has 0 aromatic heterocycles. The number of aliphatic hydroxyl groups is 1. The van der Waals surface area contributed by atoms with Crippen LogP contribution in [0.25, 0.3) is 6.08 Å². The van der Waals surface area contributed by atoms with E-state index in [4.69, 9.17) is 0 Å². The van der Waals surface area contributed by atoms with Crippen LogP contribution in [0.3, 0.4) is 0 Å². The maximum atomic E-state index is 10.9. The zero-order chi connectivity index (χ0) is 24.1. The number of nitro benzene ring substituents is 1. The highest BCUT2D eigenvalue weighted by Gasteiger charge is 2.59. The number of non-ortho nitro benzene ring substituents is 1. The van der Waals surface area contributed by atoms with Gasteiger partial charge in [-0.15, -0.1) is 0 Å². The lowest BCUT2D eigenvalue weighted by Gasteiger charge is -2.58. The van der Waals surface area contributed by atoms with Crippen molar-refractivity contribution in [2.45, 2.75) is 71.3 Å². The van der Waals surface area contributed by atoms with Gasteiger partial charge in [0, 0.05) is 18.1 Å². The molecule has 3 fully saturated rings. The van der Waals surface area contributed by atoms with Crippen molar-refractivity contribution in [3.63, 3.8) is 0 Å². The van der Waals surface area contributed by atoms with E-state index in [0.717, 1.165) is 56.2 Å². The molecule has 1 aromatic rings. The van der Waals surface area contributed by atoms with Crippen molar-refractivity contribution < 1.29 is 15.2 Å². The third-order valence-corrected chi connectivity index (χ3v) is 10.1. The summed E-state index contributed by atoms with van der Waals surface area (Å²) in [5.41, 5.74) is 3.48. The van der Waals surface area contributed by atoms with Crippen LogP contribution in [0.15, 0.2) is 47.1 Å². The number of rotatable bonds is 4. The summed E-state index contributed by atoms with van der Waals surface area (Å²) in [4.78, 5) is 10.5. The van der Waals surface area contributed by atoms with Crippen molar-refractivity contribution in [3.8, 4) is 0 Å². The van der Waals surface area contributed by atoms with Gasteiger partial charge in [0.2, 0.25) is 0 Å². The third-order valence-electron chi connectivity index (χ3n) is 10.1. The molecule has 1 unspecified atom stereocenters. The van der Waals surface area contributed by atoms with E-state index >= 15 is 0 Å². The smallest absolute Gasteiger partial charge is 0.269 e. The summed E-state index contributed by atoms with van der Waals surface area (Å²) in [6, 6.07) is 6.45. The molecule has 6 nitrogen and oxygen atoms in total. The number of fused-ring (bicyclic) bond motifs is 5. The van der Waals surface area contributed by atoms with Gasteiger partial charge < -0.3 is 10.3 Å². The summed E-state index contributed by atoms with van der Waals surface area (Å²) < 4.78 is 0. The SMILES string of the molecule is C[C@]12CC[C@H]3[C@@H](CC=C4CC(O)CC[C@@]43C)[C@@H]1CC[C@@H]2C(/C=C/c1ccc([N+](=O)[O-])cc1)=N\O. The van der Waals surface area contributed by atoms with Gasteiger partial charge in [-0.1, -0.05) is 36.7 Å². The number of nitrogens with zero attached hydrogens (tertiary/aromatic N) is 2. The molecule has 182 valence electrons. The fourth-order valence-electron chi connectivity index (χ4n) is 8.24. The van der Waals surface area contributed by atoms with Gasteiger partial charge in [-0.3, -0.25) is 10.1 Å². The molecule has 5 rings (SSSR count). The van der Waals surface area contributed by atoms with Crippen LogP contribution in [0.2, 0.25) is 0 Å². The normalized spacial score (nSPS) is 39.8. The summed E-state index contributed by atoms with van der Waals surface area (Å²) in [5, 5.41) is 34.8. The minimum absolute atomic E-state index is 0.0713. The van der Waals surface area contributed by atoms with Crippen LogP contribution in [0, 0.1) is 44.6 Å². The molecule has 0 bridgehead atoms. The molecule has 0 saturated heterocycles. The van der Waals surface area contributed by atoms with E-state index in [0.29, 0.717) is 17.8 Å². The summed E-state index contributed by atoms with van der Waals surface area (Å²) in [6.45, 7) is 4.85. The second kappa shape index (κ2) is 8.63. The van der Waals surface area contributed by atoms with Crippen LogP contribution in [-0.2, 0) is 0 Å². The van der Waals surface area contributed by atoms with Gasteiger partial charge in [0.05, 0.1) is 16.7 Å². The Kier molecular flexibility index (Phi) is 5.91. The van der Waals surface area contributed by atoms with Gasteiger partial charge in [-0.2, -0.15) is 0 Å². The average Bonchev–Trinajstić information content (AvgIpc) is 3.17. The average molecular weight is 465 g/mol. The number of nitro groups is 1. The van der Waals surface area contributed by atoms with Crippen LogP contribution in [0.4, 0.5) is 5.69 Å². The fourth-order valence-corrected chi connectivity index (χ4v) is 8.24. The first-order chi connectivity index (χ1) is 16.3. The molecule has 4 aliphatic rings. The predicted octanol–water partition coefficient (Wildman–Crippen LogP) is 6.38. The van der Waals surface area contributed by atoms with Crippen LogP contribution in [-0.4, -0.2) is 27.1 Å². The van der Waals surface area contributed by atoms with Gasteiger partial charge in [-0.05, 0) is 104 Å². The number of aliphatic hydroxyl groups excluding tert-OH is 1. The quantitative estimate of drug-likeness (QED) is 0.178. The zero-order valence-electron chi connectivity index (χ0n) is 20.2. The molecule has 0 spiro atoms. The first kappa shape index (κ1) is 23.3. The van der Waals surface area contributed by atoms with Crippen LogP contribution in [0.1, 0.15) is 70.8 Å². The number of benzene rings is 1. The Morgan fingerprint density at radius 3 is 2.59 bits per heavy atom. The minimum atomic E-state index is -0.400. The van der Waals surface area contributed by atoms with Crippen molar-refractivity contribution in [2.75, 3.05) is 0 Å². The van der Waals surface area contributed by atoms with E-state index in [-0.39, 0.29) is 28.5 Å². The largest absolute Gasteiger partial charge is 0.411 e. The van der Waals surface area contributed by atoms with Gasteiger partial charge in [0.15, 0.2) is 0 Å². The minimum Gasteiger partial charge on any atom is -0.411 e. The maximum Gasteiger partial charge on any atom is 0.269 e. The molecule has 4 aliphatic carbocycles. The van der Waals surface area contributed by atoms with E-state index in [2.05, 4.69) is 25.1 Å². The molecule has 0 radical (unpaired) electrons. The van der Waals surface area contributed by atoms with Gasteiger partial charge in [0.1, 0.15) is 0 Å². The standard InChI is InChI=1S/C28H36N2O4/c1-27-15-13-21(31)17-19(27)6-9-22-23-10-11-25(28(23,2)16-14-24(22)27)26(29-32)12-5-18-3-7-20(8-4-18)30(33)34/h3-8,12,21-25,31-32H,9-11,13-17H2,1-2H3/b12-5+,29-26-/t21?,22-,23-,24-,25+,27-,28-/m0/s1.